The number of hydrogen-bond donors (Lipinski definition) is 1. The van der Waals surface area contributed by atoms with Gasteiger partial charge in [-0.05, 0) is 37.1 Å². The minimum atomic E-state index is -0.514. The first-order valence-corrected chi connectivity index (χ1v) is 8.92. The van der Waals surface area contributed by atoms with E-state index in [9.17, 15) is 24.1 Å². The molecule has 3 rings (SSSR count). The van der Waals surface area contributed by atoms with Crippen LogP contribution in [0.3, 0.4) is 0 Å². The summed E-state index contributed by atoms with van der Waals surface area (Å²) in [6, 6.07) is 10.6. The van der Waals surface area contributed by atoms with E-state index in [0.717, 1.165) is 5.56 Å². The van der Waals surface area contributed by atoms with E-state index in [1.165, 1.54) is 24.3 Å². The predicted molar refractivity (Wildman–Crippen MR) is 101 cm³/mol. The van der Waals surface area contributed by atoms with Crippen molar-refractivity contribution in [1.82, 2.24) is 4.90 Å². The van der Waals surface area contributed by atoms with Crippen LogP contribution in [0.5, 0.6) is 0 Å². The molecule has 146 valence electrons. The molecule has 2 aromatic carbocycles. The van der Waals surface area contributed by atoms with Crippen molar-refractivity contribution in [2.45, 2.75) is 19.8 Å². The van der Waals surface area contributed by atoms with Gasteiger partial charge >= 0.3 is 0 Å². The van der Waals surface area contributed by atoms with Gasteiger partial charge in [-0.3, -0.25) is 19.7 Å². The fourth-order valence-corrected chi connectivity index (χ4v) is 3.27. The average Bonchev–Trinajstić information content (AvgIpc) is 3.03. The Hall–Kier alpha value is -3.29. The highest BCUT2D eigenvalue weighted by atomic mass is 19.1. The fourth-order valence-electron chi connectivity index (χ4n) is 3.27. The molecule has 8 heteroatoms. The molecule has 0 spiro atoms. The number of nitro groups is 1. The Balaban J connectivity index is 1.60. The number of nitro benzene ring substituents is 1. The highest BCUT2D eigenvalue weighted by Crippen LogP contribution is 2.27. The van der Waals surface area contributed by atoms with Gasteiger partial charge in [0.1, 0.15) is 5.82 Å². The van der Waals surface area contributed by atoms with Crippen LogP contribution in [0.4, 0.5) is 15.8 Å². The number of amides is 2. The molecular weight excluding hydrogens is 365 g/mol. The summed E-state index contributed by atoms with van der Waals surface area (Å²) in [6.45, 7) is 2.31. The predicted octanol–water partition coefficient (Wildman–Crippen LogP) is 3.07. The van der Waals surface area contributed by atoms with Gasteiger partial charge in [-0.1, -0.05) is 18.2 Å². The molecule has 0 aliphatic carbocycles. The van der Waals surface area contributed by atoms with Crippen molar-refractivity contribution in [2.75, 3.05) is 18.4 Å². The molecule has 0 saturated carbocycles. The second kappa shape index (κ2) is 8.16. The molecule has 0 unspecified atom stereocenters. The highest BCUT2D eigenvalue weighted by molar-refractivity contribution is 5.98. The van der Waals surface area contributed by atoms with Crippen LogP contribution in [0.1, 0.15) is 17.5 Å². The molecule has 1 saturated heterocycles. The zero-order valence-corrected chi connectivity index (χ0v) is 15.4. The van der Waals surface area contributed by atoms with Crippen LogP contribution in [0.25, 0.3) is 0 Å². The molecular formula is C20H20FN3O4. The van der Waals surface area contributed by atoms with Crippen molar-refractivity contribution in [2.24, 2.45) is 5.92 Å². The molecule has 2 amide bonds. The lowest BCUT2D eigenvalue weighted by atomic mass is 10.1. The number of carbonyl (C=O) groups excluding carboxylic acids is 2. The Bertz CT molecular complexity index is 914. The van der Waals surface area contributed by atoms with Crippen molar-refractivity contribution >= 4 is 23.2 Å². The van der Waals surface area contributed by atoms with Crippen LogP contribution in [0.2, 0.25) is 0 Å². The van der Waals surface area contributed by atoms with E-state index in [-0.39, 0.29) is 29.7 Å². The van der Waals surface area contributed by atoms with Gasteiger partial charge in [0.2, 0.25) is 11.8 Å². The molecule has 1 aliphatic heterocycles. The first-order valence-electron chi connectivity index (χ1n) is 8.92. The van der Waals surface area contributed by atoms with E-state index in [4.69, 9.17) is 0 Å². The van der Waals surface area contributed by atoms with Crippen LogP contribution in [-0.4, -0.2) is 34.7 Å². The minimum Gasteiger partial charge on any atom is -0.342 e. The average molecular weight is 385 g/mol. The summed E-state index contributed by atoms with van der Waals surface area (Å²) < 4.78 is 13.0. The number of anilines is 1. The molecule has 1 heterocycles. The molecule has 0 bridgehead atoms. The molecule has 1 atom stereocenters. The number of benzene rings is 2. The van der Waals surface area contributed by atoms with Gasteiger partial charge in [-0.2, -0.15) is 0 Å². The Labute approximate surface area is 161 Å². The Morgan fingerprint density at radius 3 is 2.68 bits per heavy atom. The van der Waals surface area contributed by atoms with Crippen molar-refractivity contribution < 1.29 is 18.9 Å². The van der Waals surface area contributed by atoms with Crippen molar-refractivity contribution in [1.29, 1.82) is 0 Å². The maximum absolute atomic E-state index is 13.0. The van der Waals surface area contributed by atoms with Crippen LogP contribution in [0.15, 0.2) is 42.5 Å². The van der Waals surface area contributed by atoms with Crippen LogP contribution < -0.4 is 5.32 Å². The normalized spacial score (nSPS) is 16.3. The topological polar surface area (TPSA) is 92.6 Å². The number of halogens is 1. The van der Waals surface area contributed by atoms with E-state index >= 15 is 0 Å². The zero-order chi connectivity index (χ0) is 20.3. The number of nitrogens with one attached hydrogen (secondary N) is 1. The Morgan fingerprint density at radius 2 is 2.00 bits per heavy atom. The standard InChI is InChI=1S/C20H20FN3O4/c1-13-17(3-2-4-18(13)24(27)28)22-20(26)15-11-19(25)23(12-15)10-9-14-5-7-16(21)8-6-14/h2-8,15H,9-12H2,1H3,(H,22,26)/t15-/m1/s1. The Kier molecular flexibility index (Phi) is 5.67. The molecule has 0 radical (unpaired) electrons. The quantitative estimate of drug-likeness (QED) is 0.611. The number of hydrogen-bond acceptors (Lipinski definition) is 4. The lowest BCUT2D eigenvalue weighted by Crippen LogP contribution is -2.30. The summed E-state index contributed by atoms with van der Waals surface area (Å²) in [5, 5.41) is 13.7. The number of nitrogens with zero attached hydrogens (tertiary/aromatic N) is 2. The van der Waals surface area contributed by atoms with Crippen molar-refractivity contribution in [3.8, 4) is 0 Å². The van der Waals surface area contributed by atoms with Crippen LogP contribution >= 0.6 is 0 Å². The lowest BCUT2D eigenvalue weighted by molar-refractivity contribution is -0.385. The summed E-state index contributed by atoms with van der Waals surface area (Å²) in [5.74, 6) is -1.27. The molecule has 1 aliphatic rings. The maximum Gasteiger partial charge on any atom is 0.274 e. The third-order valence-electron chi connectivity index (χ3n) is 4.93. The maximum atomic E-state index is 13.0. The molecule has 1 N–H and O–H groups in total. The third kappa shape index (κ3) is 4.33. The summed E-state index contributed by atoms with van der Waals surface area (Å²) in [4.78, 5) is 36.9. The minimum absolute atomic E-state index is 0.0683. The largest absolute Gasteiger partial charge is 0.342 e. The Morgan fingerprint density at radius 1 is 1.29 bits per heavy atom. The van der Waals surface area contributed by atoms with Gasteiger partial charge in [0, 0.05) is 25.6 Å². The van der Waals surface area contributed by atoms with E-state index in [1.807, 2.05) is 0 Å². The number of carbonyl (C=O) groups is 2. The van der Waals surface area contributed by atoms with Gasteiger partial charge in [-0.25, -0.2) is 4.39 Å². The van der Waals surface area contributed by atoms with E-state index in [2.05, 4.69) is 5.32 Å². The number of rotatable bonds is 6. The molecule has 0 aromatic heterocycles. The van der Waals surface area contributed by atoms with Gasteiger partial charge < -0.3 is 10.2 Å². The van der Waals surface area contributed by atoms with Crippen molar-refractivity contribution in [3.63, 3.8) is 0 Å². The van der Waals surface area contributed by atoms with Gasteiger partial charge in [0.05, 0.1) is 22.1 Å². The van der Waals surface area contributed by atoms with E-state index in [1.54, 1.807) is 30.0 Å². The lowest BCUT2D eigenvalue weighted by Gasteiger charge is -2.17. The molecule has 7 nitrogen and oxygen atoms in total. The molecule has 28 heavy (non-hydrogen) atoms. The second-order valence-electron chi connectivity index (χ2n) is 6.81. The van der Waals surface area contributed by atoms with Crippen LogP contribution in [0, 0.1) is 28.8 Å². The smallest absolute Gasteiger partial charge is 0.274 e. The second-order valence-corrected chi connectivity index (χ2v) is 6.81. The van der Waals surface area contributed by atoms with Crippen LogP contribution in [-0.2, 0) is 16.0 Å². The fraction of sp³-hybridized carbons (Fsp3) is 0.300. The first-order chi connectivity index (χ1) is 13.3. The molecule has 1 fully saturated rings. The van der Waals surface area contributed by atoms with Gasteiger partial charge in [-0.15, -0.1) is 0 Å². The third-order valence-corrected chi connectivity index (χ3v) is 4.93. The summed E-state index contributed by atoms with van der Waals surface area (Å²) in [6.07, 6.45) is 0.674. The first kappa shape index (κ1) is 19.5. The van der Waals surface area contributed by atoms with E-state index in [0.29, 0.717) is 30.8 Å². The highest BCUT2D eigenvalue weighted by Gasteiger charge is 2.34. The van der Waals surface area contributed by atoms with E-state index < -0.39 is 10.8 Å². The van der Waals surface area contributed by atoms with Crippen molar-refractivity contribution in [3.05, 3.63) is 69.5 Å². The molecule has 2 aromatic rings. The number of likely N-dealkylation sites (tertiary alicyclic amines) is 1. The van der Waals surface area contributed by atoms with Gasteiger partial charge in [0.15, 0.2) is 0 Å². The summed E-state index contributed by atoms with van der Waals surface area (Å²) >= 11 is 0. The zero-order valence-electron chi connectivity index (χ0n) is 15.4. The summed E-state index contributed by atoms with van der Waals surface area (Å²) in [5.41, 5.74) is 1.59. The SMILES string of the molecule is Cc1c(NC(=O)[C@@H]2CC(=O)N(CCc3ccc(F)cc3)C2)cccc1[N+](=O)[O-]. The monoisotopic (exact) mass is 385 g/mol. The van der Waals surface area contributed by atoms with Gasteiger partial charge in [0.25, 0.3) is 5.69 Å². The summed E-state index contributed by atoms with van der Waals surface area (Å²) in [7, 11) is 0.